The number of hydrogen-bond acceptors (Lipinski definition) is 3. The largest absolute Gasteiger partial charge is 0.488 e. The lowest BCUT2D eigenvalue weighted by molar-refractivity contribution is 0.306. The van der Waals surface area contributed by atoms with Crippen LogP contribution in [0.4, 0.5) is 5.69 Å². The molecule has 26 heavy (non-hydrogen) atoms. The van der Waals surface area contributed by atoms with Crippen molar-refractivity contribution in [1.82, 2.24) is 0 Å². The lowest BCUT2D eigenvalue weighted by Gasteiger charge is -2.10. The maximum absolute atomic E-state index is 6.19. The lowest BCUT2D eigenvalue weighted by Crippen LogP contribution is -1.99. The van der Waals surface area contributed by atoms with E-state index in [-0.39, 0.29) is 0 Å². The zero-order valence-corrected chi connectivity index (χ0v) is 15.9. The van der Waals surface area contributed by atoms with Crippen LogP contribution in [0.5, 0.6) is 5.75 Å². The summed E-state index contributed by atoms with van der Waals surface area (Å²) >= 11 is 18.1. The van der Waals surface area contributed by atoms with Gasteiger partial charge < -0.3 is 4.74 Å². The second kappa shape index (κ2) is 8.95. The van der Waals surface area contributed by atoms with Crippen LogP contribution in [0.25, 0.3) is 0 Å². The molecule has 0 aliphatic carbocycles. The molecule has 0 atom stereocenters. The summed E-state index contributed by atoms with van der Waals surface area (Å²) in [5.74, 6) is 0.704. The maximum atomic E-state index is 6.19. The molecule has 0 unspecified atom stereocenters. The average Bonchev–Trinajstić information content (AvgIpc) is 2.62. The Bertz CT molecular complexity index is 928. The van der Waals surface area contributed by atoms with E-state index >= 15 is 0 Å². The molecule has 1 N–H and O–H groups in total. The molecule has 0 aromatic heterocycles. The molecule has 0 aliphatic rings. The van der Waals surface area contributed by atoms with Crippen LogP contribution in [0.3, 0.4) is 0 Å². The molecular formula is C20H15Cl3N2O. The summed E-state index contributed by atoms with van der Waals surface area (Å²) in [5, 5.41) is 6.06. The molecule has 0 fully saturated rings. The van der Waals surface area contributed by atoms with Gasteiger partial charge in [0, 0.05) is 26.2 Å². The van der Waals surface area contributed by atoms with Crippen molar-refractivity contribution in [3.8, 4) is 5.75 Å². The van der Waals surface area contributed by atoms with E-state index in [9.17, 15) is 0 Å². The molecule has 132 valence electrons. The summed E-state index contributed by atoms with van der Waals surface area (Å²) in [4.78, 5) is 0. The third-order valence-electron chi connectivity index (χ3n) is 3.54. The molecule has 3 nitrogen and oxygen atoms in total. The number of rotatable bonds is 6. The average molecular weight is 406 g/mol. The van der Waals surface area contributed by atoms with Gasteiger partial charge in [-0.25, -0.2) is 0 Å². The van der Waals surface area contributed by atoms with Crippen LogP contribution in [0, 0.1) is 0 Å². The van der Waals surface area contributed by atoms with Gasteiger partial charge in [0.05, 0.1) is 11.9 Å². The van der Waals surface area contributed by atoms with Crippen LogP contribution < -0.4 is 10.2 Å². The van der Waals surface area contributed by atoms with Crippen molar-refractivity contribution in [2.24, 2.45) is 5.10 Å². The number of hydrazone groups is 1. The van der Waals surface area contributed by atoms with E-state index in [0.29, 0.717) is 27.4 Å². The Hall–Kier alpha value is -2.20. The smallest absolute Gasteiger partial charge is 0.128 e. The van der Waals surface area contributed by atoms with Gasteiger partial charge in [-0.15, -0.1) is 0 Å². The number of halogens is 3. The molecular weight excluding hydrogens is 391 g/mol. The van der Waals surface area contributed by atoms with E-state index in [2.05, 4.69) is 10.5 Å². The second-order valence-electron chi connectivity index (χ2n) is 5.44. The summed E-state index contributed by atoms with van der Waals surface area (Å²) in [6.07, 6.45) is 1.69. The maximum Gasteiger partial charge on any atom is 0.128 e. The molecule has 3 aromatic rings. The number of nitrogens with zero attached hydrogens (tertiary/aromatic N) is 1. The summed E-state index contributed by atoms with van der Waals surface area (Å²) in [7, 11) is 0. The minimum atomic E-state index is 0.336. The van der Waals surface area contributed by atoms with Crippen LogP contribution in [-0.4, -0.2) is 6.21 Å². The van der Waals surface area contributed by atoms with Gasteiger partial charge in [0.1, 0.15) is 12.4 Å². The molecule has 0 heterocycles. The fourth-order valence-corrected chi connectivity index (χ4v) is 2.90. The van der Waals surface area contributed by atoms with Gasteiger partial charge in [-0.05, 0) is 42.5 Å². The Morgan fingerprint density at radius 1 is 0.885 bits per heavy atom. The number of nitrogens with one attached hydrogen (secondary N) is 1. The van der Waals surface area contributed by atoms with Crippen molar-refractivity contribution in [3.05, 3.63) is 92.9 Å². The SMILES string of the molecule is Clc1cccc(NN=Cc2ccccc2OCc2ccc(Cl)cc2Cl)c1. The van der Waals surface area contributed by atoms with Crippen LogP contribution in [-0.2, 0) is 6.61 Å². The van der Waals surface area contributed by atoms with E-state index in [1.165, 1.54) is 0 Å². The van der Waals surface area contributed by atoms with Gasteiger partial charge in [0.25, 0.3) is 0 Å². The molecule has 0 amide bonds. The van der Waals surface area contributed by atoms with Gasteiger partial charge >= 0.3 is 0 Å². The van der Waals surface area contributed by atoms with Gasteiger partial charge in [0.2, 0.25) is 0 Å². The minimum absolute atomic E-state index is 0.336. The first kappa shape index (κ1) is 18.6. The van der Waals surface area contributed by atoms with Gasteiger partial charge in [-0.3, -0.25) is 5.43 Å². The Morgan fingerprint density at radius 3 is 2.50 bits per heavy atom. The summed E-state index contributed by atoms with van der Waals surface area (Å²) in [5.41, 5.74) is 5.45. The Balaban J connectivity index is 1.68. The van der Waals surface area contributed by atoms with E-state index in [0.717, 1.165) is 16.8 Å². The van der Waals surface area contributed by atoms with E-state index in [4.69, 9.17) is 39.5 Å². The topological polar surface area (TPSA) is 33.6 Å². The highest BCUT2D eigenvalue weighted by Gasteiger charge is 2.05. The first-order valence-corrected chi connectivity index (χ1v) is 8.95. The van der Waals surface area contributed by atoms with Gasteiger partial charge in [-0.2, -0.15) is 5.10 Å². The first-order chi connectivity index (χ1) is 12.6. The molecule has 0 bridgehead atoms. The number of anilines is 1. The van der Waals surface area contributed by atoms with Crippen molar-refractivity contribution in [2.45, 2.75) is 6.61 Å². The fourth-order valence-electron chi connectivity index (χ4n) is 2.25. The Kier molecular flexibility index (Phi) is 6.40. The molecule has 0 saturated heterocycles. The minimum Gasteiger partial charge on any atom is -0.488 e. The van der Waals surface area contributed by atoms with Gasteiger partial charge in [0.15, 0.2) is 0 Å². The summed E-state index contributed by atoms with van der Waals surface area (Å²) in [6, 6.07) is 20.3. The third kappa shape index (κ3) is 5.15. The summed E-state index contributed by atoms with van der Waals surface area (Å²) < 4.78 is 5.90. The van der Waals surface area contributed by atoms with E-state index in [1.54, 1.807) is 24.4 Å². The highest BCUT2D eigenvalue weighted by Crippen LogP contribution is 2.24. The number of benzene rings is 3. The van der Waals surface area contributed by atoms with Crippen molar-refractivity contribution >= 4 is 46.7 Å². The monoisotopic (exact) mass is 404 g/mol. The number of hydrogen-bond donors (Lipinski definition) is 1. The zero-order chi connectivity index (χ0) is 18.4. The fraction of sp³-hybridized carbons (Fsp3) is 0.0500. The second-order valence-corrected chi connectivity index (χ2v) is 6.72. The van der Waals surface area contributed by atoms with Crippen LogP contribution in [0.15, 0.2) is 71.8 Å². The normalized spacial score (nSPS) is 10.9. The van der Waals surface area contributed by atoms with Crippen LogP contribution >= 0.6 is 34.8 Å². The third-order valence-corrected chi connectivity index (χ3v) is 4.36. The molecule has 3 rings (SSSR count). The number of para-hydroxylation sites is 1. The highest BCUT2D eigenvalue weighted by atomic mass is 35.5. The lowest BCUT2D eigenvalue weighted by atomic mass is 10.2. The van der Waals surface area contributed by atoms with E-state index < -0.39 is 0 Å². The Morgan fingerprint density at radius 2 is 1.69 bits per heavy atom. The molecule has 0 saturated carbocycles. The molecule has 3 aromatic carbocycles. The highest BCUT2D eigenvalue weighted by molar-refractivity contribution is 6.35. The van der Waals surface area contributed by atoms with E-state index in [1.807, 2.05) is 48.5 Å². The standard InChI is InChI=1S/C20H15Cl3N2O/c21-16-5-3-6-18(10-16)25-24-12-14-4-1-2-7-20(14)26-13-15-8-9-17(22)11-19(15)23/h1-12,25H,13H2. The van der Waals surface area contributed by atoms with Crippen molar-refractivity contribution < 1.29 is 4.74 Å². The molecule has 6 heteroatoms. The Labute approximate surface area is 167 Å². The molecule has 0 spiro atoms. The predicted octanol–water partition coefficient (Wildman–Crippen LogP) is 6.67. The zero-order valence-electron chi connectivity index (χ0n) is 13.6. The van der Waals surface area contributed by atoms with Crippen LogP contribution in [0.2, 0.25) is 15.1 Å². The number of ether oxygens (including phenoxy) is 1. The quantitative estimate of drug-likeness (QED) is 0.367. The van der Waals surface area contributed by atoms with Gasteiger partial charge in [-0.1, -0.05) is 59.1 Å². The van der Waals surface area contributed by atoms with Crippen molar-refractivity contribution in [2.75, 3.05) is 5.43 Å². The molecule has 0 radical (unpaired) electrons. The van der Waals surface area contributed by atoms with Crippen molar-refractivity contribution in [3.63, 3.8) is 0 Å². The molecule has 0 aliphatic heterocycles. The summed E-state index contributed by atoms with van der Waals surface area (Å²) in [6.45, 7) is 0.336. The van der Waals surface area contributed by atoms with Crippen LogP contribution in [0.1, 0.15) is 11.1 Å². The van der Waals surface area contributed by atoms with Crippen molar-refractivity contribution in [1.29, 1.82) is 0 Å². The predicted molar refractivity (Wildman–Crippen MR) is 110 cm³/mol. The first-order valence-electron chi connectivity index (χ1n) is 7.82.